The number of benzene rings is 1. The van der Waals surface area contributed by atoms with E-state index in [4.69, 9.17) is 11.6 Å². The second-order valence-corrected chi connectivity index (χ2v) is 8.10. The zero-order valence-corrected chi connectivity index (χ0v) is 12.9. The maximum atomic E-state index is 11.7. The molecule has 0 saturated carbocycles. The number of para-hydroxylation sites is 1. The van der Waals surface area contributed by atoms with Crippen LogP contribution in [0.5, 0.6) is 0 Å². The molecule has 1 aromatic rings. The zero-order chi connectivity index (χ0) is 14.7. The van der Waals surface area contributed by atoms with Gasteiger partial charge in [-0.15, -0.1) is 0 Å². The summed E-state index contributed by atoms with van der Waals surface area (Å²) in [6, 6.07) is 6.47. The van der Waals surface area contributed by atoms with Crippen molar-refractivity contribution in [1.29, 1.82) is 0 Å². The van der Waals surface area contributed by atoms with Gasteiger partial charge in [-0.2, -0.15) is 0 Å². The van der Waals surface area contributed by atoms with Gasteiger partial charge in [0, 0.05) is 13.1 Å². The van der Waals surface area contributed by atoms with E-state index < -0.39 is 20.0 Å². The van der Waals surface area contributed by atoms with E-state index in [2.05, 4.69) is 4.72 Å². The lowest BCUT2D eigenvalue weighted by Crippen LogP contribution is -2.38. The van der Waals surface area contributed by atoms with Crippen molar-refractivity contribution >= 4 is 37.3 Å². The fourth-order valence-electron chi connectivity index (χ4n) is 1.45. The molecule has 0 spiro atoms. The molecule has 0 heterocycles. The Balaban J connectivity index is 2.96. The molecular weight excluding hydrogens is 312 g/mol. The van der Waals surface area contributed by atoms with Crippen LogP contribution in [0.3, 0.4) is 0 Å². The third-order valence-corrected chi connectivity index (χ3v) is 4.43. The first-order valence-electron chi connectivity index (χ1n) is 5.28. The summed E-state index contributed by atoms with van der Waals surface area (Å²) in [5.41, 5.74) is 0.321. The SMILES string of the molecule is CS(=O)(=O)NCCN(c1ccccc1Cl)S(C)(=O)=O. The maximum Gasteiger partial charge on any atom is 0.232 e. The zero-order valence-electron chi connectivity index (χ0n) is 10.5. The van der Waals surface area contributed by atoms with Crippen molar-refractivity contribution in [1.82, 2.24) is 4.72 Å². The largest absolute Gasteiger partial charge is 0.268 e. The minimum Gasteiger partial charge on any atom is -0.268 e. The van der Waals surface area contributed by atoms with Crippen LogP contribution in [0.4, 0.5) is 5.69 Å². The first kappa shape index (κ1) is 16.2. The van der Waals surface area contributed by atoms with Gasteiger partial charge in [-0.05, 0) is 12.1 Å². The Hall–Kier alpha value is -0.830. The highest BCUT2D eigenvalue weighted by Gasteiger charge is 2.19. The highest BCUT2D eigenvalue weighted by atomic mass is 35.5. The molecule has 0 saturated heterocycles. The standard InChI is InChI=1S/C10H15ClN2O4S2/c1-18(14,15)12-7-8-13(19(2,16)17)10-6-4-3-5-9(10)11/h3-6,12H,7-8H2,1-2H3. The van der Waals surface area contributed by atoms with E-state index in [1.807, 2.05) is 0 Å². The second-order valence-electron chi connectivity index (χ2n) is 3.95. The number of nitrogens with one attached hydrogen (secondary N) is 1. The topological polar surface area (TPSA) is 83.6 Å². The summed E-state index contributed by atoms with van der Waals surface area (Å²) >= 11 is 5.95. The van der Waals surface area contributed by atoms with E-state index in [0.29, 0.717) is 5.69 Å². The van der Waals surface area contributed by atoms with Gasteiger partial charge in [0.15, 0.2) is 0 Å². The molecule has 0 radical (unpaired) electrons. The highest BCUT2D eigenvalue weighted by molar-refractivity contribution is 7.92. The van der Waals surface area contributed by atoms with Gasteiger partial charge < -0.3 is 0 Å². The molecule has 0 aliphatic heterocycles. The van der Waals surface area contributed by atoms with E-state index >= 15 is 0 Å². The van der Waals surface area contributed by atoms with E-state index in [0.717, 1.165) is 16.8 Å². The van der Waals surface area contributed by atoms with Gasteiger partial charge in [-0.1, -0.05) is 23.7 Å². The molecule has 0 bridgehead atoms. The predicted octanol–water partition coefficient (Wildman–Crippen LogP) is 0.655. The fourth-order valence-corrected chi connectivity index (χ4v) is 3.14. The Labute approximate surface area is 118 Å². The number of anilines is 1. The van der Waals surface area contributed by atoms with Gasteiger partial charge in [0.25, 0.3) is 0 Å². The van der Waals surface area contributed by atoms with Crippen LogP contribution in [0.1, 0.15) is 0 Å². The lowest BCUT2D eigenvalue weighted by atomic mass is 10.3. The molecule has 1 N–H and O–H groups in total. The van der Waals surface area contributed by atoms with Crippen LogP contribution in [-0.2, 0) is 20.0 Å². The molecule has 0 aliphatic rings. The summed E-state index contributed by atoms with van der Waals surface area (Å²) in [6.07, 6.45) is 2.05. The summed E-state index contributed by atoms with van der Waals surface area (Å²) in [6.45, 7) is -0.0627. The van der Waals surface area contributed by atoms with Gasteiger partial charge in [0.05, 0.1) is 23.2 Å². The molecule has 0 unspecified atom stereocenters. The average molecular weight is 327 g/mol. The third kappa shape index (κ3) is 5.35. The molecule has 6 nitrogen and oxygen atoms in total. The molecule has 0 amide bonds. The molecule has 1 aromatic carbocycles. The maximum absolute atomic E-state index is 11.7. The van der Waals surface area contributed by atoms with Crippen LogP contribution < -0.4 is 9.03 Å². The van der Waals surface area contributed by atoms with Crippen molar-refractivity contribution in [2.75, 3.05) is 29.9 Å². The van der Waals surface area contributed by atoms with E-state index in [-0.39, 0.29) is 18.1 Å². The number of sulfonamides is 2. The normalized spacial score (nSPS) is 12.4. The molecule has 0 aromatic heterocycles. The Morgan fingerprint density at radius 3 is 2.21 bits per heavy atom. The first-order valence-corrected chi connectivity index (χ1v) is 9.40. The highest BCUT2D eigenvalue weighted by Crippen LogP contribution is 2.26. The van der Waals surface area contributed by atoms with Crippen molar-refractivity contribution in [3.05, 3.63) is 29.3 Å². The number of hydrogen-bond donors (Lipinski definition) is 1. The number of halogens is 1. The molecule has 0 fully saturated rings. The Kier molecular flexibility index (Phi) is 5.19. The van der Waals surface area contributed by atoms with E-state index in [1.165, 1.54) is 0 Å². The van der Waals surface area contributed by atoms with Gasteiger partial charge in [-0.3, -0.25) is 4.31 Å². The Morgan fingerprint density at radius 1 is 1.16 bits per heavy atom. The number of rotatable bonds is 6. The lowest BCUT2D eigenvalue weighted by Gasteiger charge is -2.23. The van der Waals surface area contributed by atoms with Gasteiger partial charge >= 0.3 is 0 Å². The molecule has 19 heavy (non-hydrogen) atoms. The van der Waals surface area contributed by atoms with Crippen molar-refractivity contribution in [3.63, 3.8) is 0 Å². The summed E-state index contributed by atoms with van der Waals surface area (Å²) in [5, 5.41) is 0.285. The fraction of sp³-hybridized carbons (Fsp3) is 0.400. The molecular formula is C10H15ClN2O4S2. The molecule has 1 rings (SSSR count). The number of nitrogens with zero attached hydrogens (tertiary/aromatic N) is 1. The molecule has 9 heteroatoms. The average Bonchev–Trinajstić information content (AvgIpc) is 2.23. The van der Waals surface area contributed by atoms with Gasteiger partial charge in [-0.25, -0.2) is 21.6 Å². The van der Waals surface area contributed by atoms with Crippen LogP contribution in [-0.4, -0.2) is 42.4 Å². The Morgan fingerprint density at radius 2 is 1.74 bits per heavy atom. The summed E-state index contributed by atoms with van der Waals surface area (Å²) < 4.78 is 48.7. The van der Waals surface area contributed by atoms with Gasteiger partial charge in [0.2, 0.25) is 20.0 Å². The van der Waals surface area contributed by atoms with Crippen molar-refractivity contribution in [3.8, 4) is 0 Å². The minimum atomic E-state index is -3.54. The van der Waals surface area contributed by atoms with Crippen LogP contribution in [0, 0.1) is 0 Å². The molecule has 108 valence electrons. The quantitative estimate of drug-likeness (QED) is 0.832. The summed E-state index contributed by atoms with van der Waals surface area (Å²) in [7, 11) is -6.91. The number of hydrogen-bond acceptors (Lipinski definition) is 4. The van der Waals surface area contributed by atoms with Crippen LogP contribution in [0.15, 0.2) is 24.3 Å². The Bertz CT molecular complexity index is 643. The molecule has 0 atom stereocenters. The van der Waals surface area contributed by atoms with Crippen LogP contribution in [0.2, 0.25) is 5.02 Å². The van der Waals surface area contributed by atoms with Crippen molar-refractivity contribution < 1.29 is 16.8 Å². The second kappa shape index (κ2) is 6.08. The first-order chi connectivity index (χ1) is 8.61. The monoisotopic (exact) mass is 326 g/mol. The third-order valence-electron chi connectivity index (χ3n) is 2.20. The van der Waals surface area contributed by atoms with Crippen LogP contribution >= 0.6 is 11.6 Å². The van der Waals surface area contributed by atoms with Gasteiger partial charge in [0.1, 0.15) is 0 Å². The minimum absolute atomic E-state index is 0.0306. The lowest BCUT2D eigenvalue weighted by molar-refractivity contribution is 0.583. The van der Waals surface area contributed by atoms with Crippen LogP contribution in [0.25, 0.3) is 0 Å². The van der Waals surface area contributed by atoms with E-state index in [1.54, 1.807) is 24.3 Å². The van der Waals surface area contributed by atoms with E-state index in [9.17, 15) is 16.8 Å². The summed E-state index contributed by atoms with van der Waals surface area (Å²) in [5.74, 6) is 0. The predicted molar refractivity (Wildman–Crippen MR) is 76.5 cm³/mol. The smallest absolute Gasteiger partial charge is 0.232 e. The van der Waals surface area contributed by atoms with Crippen molar-refractivity contribution in [2.24, 2.45) is 0 Å². The molecule has 0 aliphatic carbocycles. The summed E-state index contributed by atoms with van der Waals surface area (Å²) in [4.78, 5) is 0. The van der Waals surface area contributed by atoms with Crippen molar-refractivity contribution in [2.45, 2.75) is 0 Å².